The van der Waals surface area contributed by atoms with E-state index >= 15 is 0 Å². The molecule has 1 atom stereocenters. The fraction of sp³-hybridized carbons (Fsp3) is 0.364. The lowest BCUT2D eigenvalue weighted by atomic mass is 9.94. The number of aryl methyl sites for hydroxylation is 1. The zero-order valence-electron chi connectivity index (χ0n) is 16.1. The van der Waals surface area contributed by atoms with Crippen molar-refractivity contribution in [2.75, 3.05) is 6.54 Å². The van der Waals surface area contributed by atoms with Crippen LogP contribution < -0.4 is 5.56 Å². The van der Waals surface area contributed by atoms with Crippen molar-refractivity contribution in [1.82, 2.24) is 14.3 Å². The van der Waals surface area contributed by atoms with E-state index in [0.717, 1.165) is 49.1 Å². The molecule has 1 saturated heterocycles. The predicted octanol–water partition coefficient (Wildman–Crippen LogP) is 4.75. The molecule has 0 saturated carbocycles. The van der Waals surface area contributed by atoms with E-state index in [0.29, 0.717) is 17.9 Å². The van der Waals surface area contributed by atoms with E-state index in [9.17, 15) is 18.0 Å². The van der Waals surface area contributed by atoms with Gasteiger partial charge in [0.25, 0.3) is 5.56 Å². The zero-order valence-corrected chi connectivity index (χ0v) is 16.1. The Morgan fingerprint density at radius 1 is 1.14 bits per heavy atom. The standard InChI is InChI=1S/C22H22F3N3O/c1-15-5-4-12-28-20(29)13-18(26-21(15)28)14-27-11-3-2-6-19(27)16-7-9-17(10-8-16)22(23,24)25/h4-5,7-10,12-13,19H,2-3,6,11,14H2,1H3. The first-order valence-corrected chi connectivity index (χ1v) is 9.72. The molecule has 4 nitrogen and oxygen atoms in total. The lowest BCUT2D eigenvalue weighted by Gasteiger charge is -2.36. The Labute approximate surface area is 166 Å². The van der Waals surface area contributed by atoms with Crippen LogP contribution in [-0.4, -0.2) is 20.8 Å². The smallest absolute Gasteiger partial charge is 0.291 e. The van der Waals surface area contributed by atoms with Crippen LogP contribution in [0.3, 0.4) is 0 Å². The average molecular weight is 401 g/mol. The second-order valence-electron chi connectivity index (χ2n) is 7.57. The van der Waals surface area contributed by atoms with Crippen LogP contribution in [0.1, 0.15) is 47.7 Å². The number of fused-ring (bicyclic) bond motifs is 1. The van der Waals surface area contributed by atoms with Gasteiger partial charge in [-0.1, -0.05) is 24.6 Å². The van der Waals surface area contributed by atoms with Gasteiger partial charge in [0.2, 0.25) is 0 Å². The van der Waals surface area contributed by atoms with Crippen molar-refractivity contribution < 1.29 is 13.2 Å². The first kappa shape index (κ1) is 19.6. The number of piperidine rings is 1. The normalized spacial score (nSPS) is 18.3. The van der Waals surface area contributed by atoms with Gasteiger partial charge in [-0.3, -0.25) is 14.1 Å². The molecule has 1 aliphatic heterocycles. The molecule has 0 spiro atoms. The number of aromatic nitrogens is 2. The highest BCUT2D eigenvalue weighted by molar-refractivity contribution is 5.46. The molecule has 29 heavy (non-hydrogen) atoms. The minimum absolute atomic E-state index is 0.0168. The fourth-order valence-electron chi connectivity index (χ4n) is 4.05. The molecular weight excluding hydrogens is 379 g/mol. The van der Waals surface area contributed by atoms with Crippen molar-refractivity contribution in [2.24, 2.45) is 0 Å². The minimum atomic E-state index is -4.33. The van der Waals surface area contributed by atoms with E-state index in [-0.39, 0.29) is 11.6 Å². The fourth-order valence-corrected chi connectivity index (χ4v) is 4.05. The van der Waals surface area contributed by atoms with Gasteiger partial charge in [0, 0.05) is 24.8 Å². The molecule has 0 bridgehead atoms. The summed E-state index contributed by atoms with van der Waals surface area (Å²) in [4.78, 5) is 19.4. The summed E-state index contributed by atoms with van der Waals surface area (Å²) in [6.45, 7) is 3.23. The molecule has 0 radical (unpaired) electrons. The van der Waals surface area contributed by atoms with Crippen LogP contribution >= 0.6 is 0 Å². The van der Waals surface area contributed by atoms with E-state index in [4.69, 9.17) is 0 Å². The molecule has 3 heterocycles. The molecular formula is C22H22F3N3O. The number of hydrogen-bond acceptors (Lipinski definition) is 3. The summed E-state index contributed by atoms with van der Waals surface area (Å²) in [5.41, 5.74) is 2.34. The third kappa shape index (κ3) is 4.05. The molecule has 0 N–H and O–H groups in total. The summed E-state index contributed by atoms with van der Waals surface area (Å²) >= 11 is 0. The van der Waals surface area contributed by atoms with Gasteiger partial charge >= 0.3 is 6.18 Å². The Morgan fingerprint density at radius 2 is 1.90 bits per heavy atom. The maximum Gasteiger partial charge on any atom is 0.416 e. The van der Waals surface area contributed by atoms with Crippen LogP contribution in [-0.2, 0) is 12.7 Å². The summed E-state index contributed by atoms with van der Waals surface area (Å²) < 4.78 is 40.2. The van der Waals surface area contributed by atoms with Crippen molar-refractivity contribution in [3.05, 3.63) is 81.4 Å². The van der Waals surface area contributed by atoms with Crippen molar-refractivity contribution >= 4 is 5.65 Å². The molecule has 1 aromatic carbocycles. The van der Waals surface area contributed by atoms with Gasteiger partial charge in [0.15, 0.2) is 0 Å². The molecule has 7 heteroatoms. The van der Waals surface area contributed by atoms with Crippen LogP contribution in [0.5, 0.6) is 0 Å². The number of nitrogens with zero attached hydrogens (tertiary/aromatic N) is 3. The summed E-state index contributed by atoms with van der Waals surface area (Å²) in [6, 6.07) is 10.7. The van der Waals surface area contributed by atoms with E-state index in [1.54, 1.807) is 24.4 Å². The Kier molecular flexibility index (Phi) is 5.17. The lowest BCUT2D eigenvalue weighted by molar-refractivity contribution is -0.137. The Bertz CT molecular complexity index is 1070. The molecule has 152 valence electrons. The first-order chi connectivity index (χ1) is 13.8. The Morgan fingerprint density at radius 3 is 2.62 bits per heavy atom. The SMILES string of the molecule is Cc1cccn2c(=O)cc(CN3CCCCC3c3ccc(C(F)(F)F)cc3)nc12. The number of alkyl halides is 3. The number of halogens is 3. The van der Waals surface area contributed by atoms with Gasteiger partial charge in [-0.15, -0.1) is 0 Å². The maximum atomic E-state index is 12.9. The zero-order chi connectivity index (χ0) is 20.6. The quantitative estimate of drug-likeness (QED) is 0.636. The number of hydrogen-bond donors (Lipinski definition) is 0. The van der Waals surface area contributed by atoms with Crippen molar-refractivity contribution in [2.45, 2.75) is 44.9 Å². The first-order valence-electron chi connectivity index (χ1n) is 9.72. The second-order valence-corrected chi connectivity index (χ2v) is 7.57. The molecule has 1 unspecified atom stereocenters. The summed E-state index contributed by atoms with van der Waals surface area (Å²) in [5, 5.41) is 0. The molecule has 0 aliphatic carbocycles. The van der Waals surface area contributed by atoms with Crippen LogP contribution in [0.15, 0.2) is 53.5 Å². The van der Waals surface area contributed by atoms with E-state index in [1.165, 1.54) is 4.40 Å². The van der Waals surface area contributed by atoms with Crippen molar-refractivity contribution in [1.29, 1.82) is 0 Å². The molecule has 3 aromatic rings. The van der Waals surface area contributed by atoms with Gasteiger partial charge in [0.05, 0.1) is 11.3 Å². The molecule has 2 aromatic heterocycles. The van der Waals surface area contributed by atoms with Crippen LogP contribution in [0.2, 0.25) is 0 Å². The highest BCUT2D eigenvalue weighted by Gasteiger charge is 2.31. The number of pyridine rings is 1. The topological polar surface area (TPSA) is 37.6 Å². The lowest BCUT2D eigenvalue weighted by Crippen LogP contribution is -2.33. The number of likely N-dealkylation sites (tertiary alicyclic amines) is 1. The molecule has 4 rings (SSSR count). The average Bonchev–Trinajstić information content (AvgIpc) is 2.69. The van der Waals surface area contributed by atoms with Crippen LogP contribution in [0, 0.1) is 6.92 Å². The Balaban J connectivity index is 1.62. The van der Waals surface area contributed by atoms with E-state index < -0.39 is 11.7 Å². The highest BCUT2D eigenvalue weighted by atomic mass is 19.4. The van der Waals surface area contributed by atoms with Crippen molar-refractivity contribution in [3.63, 3.8) is 0 Å². The number of rotatable bonds is 3. The number of benzene rings is 1. The Hall–Kier alpha value is -2.67. The predicted molar refractivity (Wildman–Crippen MR) is 105 cm³/mol. The third-order valence-electron chi connectivity index (χ3n) is 5.54. The monoisotopic (exact) mass is 401 g/mol. The van der Waals surface area contributed by atoms with Gasteiger partial charge in [-0.05, 0) is 55.6 Å². The third-order valence-corrected chi connectivity index (χ3v) is 5.54. The van der Waals surface area contributed by atoms with Gasteiger partial charge in [0.1, 0.15) is 5.65 Å². The maximum absolute atomic E-state index is 12.9. The van der Waals surface area contributed by atoms with Crippen LogP contribution in [0.4, 0.5) is 13.2 Å². The highest BCUT2D eigenvalue weighted by Crippen LogP contribution is 2.34. The molecule has 1 fully saturated rings. The van der Waals surface area contributed by atoms with Gasteiger partial charge in [-0.25, -0.2) is 4.98 Å². The minimum Gasteiger partial charge on any atom is -0.291 e. The largest absolute Gasteiger partial charge is 0.416 e. The molecule has 1 aliphatic rings. The summed E-state index contributed by atoms with van der Waals surface area (Å²) in [6.07, 6.45) is 0.280. The summed E-state index contributed by atoms with van der Waals surface area (Å²) in [5.74, 6) is 0. The second kappa shape index (κ2) is 7.63. The summed E-state index contributed by atoms with van der Waals surface area (Å²) in [7, 11) is 0. The van der Waals surface area contributed by atoms with Gasteiger partial charge < -0.3 is 0 Å². The van der Waals surface area contributed by atoms with E-state index in [2.05, 4.69) is 9.88 Å². The van der Waals surface area contributed by atoms with E-state index in [1.807, 2.05) is 19.1 Å². The van der Waals surface area contributed by atoms with Crippen LogP contribution in [0.25, 0.3) is 5.65 Å². The van der Waals surface area contributed by atoms with Crippen molar-refractivity contribution in [3.8, 4) is 0 Å². The molecule has 0 amide bonds. The van der Waals surface area contributed by atoms with Gasteiger partial charge in [-0.2, -0.15) is 13.2 Å².